The summed E-state index contributed by atoms with van der Waals surface area (Å²) in [5, 5.41) is 6.54. The molecule has 0 aliphatic carbocycles. The van der Waals surface area contributed by atoms with Gasteiger partial charge in [0.1, 0.15) is 0 Å². The molecule has 0 unspecified atom stereocenters. The summed E-state index contributed by atoms with van der Waals surface area (Å²) in [6.45, 7) is 0. The highest BCUT2D eigenvalue weighted by molar-refractivity contribution is 5.53. The monoisotopic (exact) mass is 176 g/mol. The Hall–Kier alpha value is -1.91. The molecule has 0 bridgehead atoms. The Morgan fingerprint density at radius 2 is 2.08 bits per heavy atom. The zero-order valence-corrected chi connectivity index (χ0v) is 7.06. The van der Waals surface area contributed by atoms with Crippen LogP contribution in [0.1, 0.15) is 0 Å². The molecule has 2 aromatic rings. The molecule has 0 radical (unpaired) electrons. The van der Waals surface area contributed by atoms with Gasteiger partial charge in [-0.3, -0.25) is 4.98 Å². The van der Waals surface area contributed by atoms with Crippen LogP contribution < -0.4 is 5.32 Å². The fraction of sp³-hybridized carbons (Fsp3) is 0.125. The number of hydrogen-bond donors (Lipinski definition) is 1. The second-order valence-electron chi connectivity index (χ2n) is 2.41. The second-order valence-corrected chi connectivity index (χ2v) is 2.41. The molecule has 2 rings (SSSR count). The minimum atomic E-state index is 0.409. The van der Waals surface area contributed by atoms with Crippen molar-refractivity contribution in [1.29, 1.82) is 0 Å². The van der Waals surface area contributed by atoms with Crippen molar-refractivity contribution in [3.8, 4) is 11.4 Å². The van der Waals surface area contributed by atoms with Gasteiger partial charge in [-0.2, -0.15) is 4.98 Å². The quantitative estimate of drug-likeness (QED) is 0.744. The van der Waals surface area contributed by atoms with Crippen molar-refractivity contribution >= 4 is 6.01 Å². The maximum absolute atomic E-state index is 4.88. The lowest BCUT2D eigenvalue weighted by Crippen LogP contribution is -1.86. The zero-order chi connectivity index (χ0) is 9.10. The Kier molecular flexibility index (Phi) is 1.91. The summed E-state index contributed by atoms with van der Waals surface area (Å²) in [6.07, 6.45) is 3.37. The largest absolute Gasteiger partial charge is 0.341 e. The predicted molar refractivity (Wildman–Crippen MR) is 47.1 cm³/mol. The Morgan fingerprint density at radius 1 is 1.31 bits per heavy atom. The van der Waals surface area contributed by atoms with Gasteiger partial charge in [-0.15, -0.1) is 0 Å². The lowest BCUT2D eigenvalue weighted by atomic mass is 10.3. The number of aromatic nitrogens is 3. The predicted octanol–water partition coefficient (Wildman–Crippen LogP) is 1.17. The van der Waals surface area contributed by atoms with Gasteiger partial charge >= 0.3 is 6.01 Å². The van der Waals surface area contributed by atoms with Gasteiger partial charge in [0.05, 0.1) is 0 Å². The van der Waals surface area contributed by atoms with Crippen molar-refractivity contribution < 1.29 is 4.52 Å². The van der Waals surface area contributed by atoms with Crippen LogP contribution >= 0.6 is 0 Å². The van der Waals surface area contributed by atoms with Crippen LogP contribution in [-0.4, -0.2) is 22.2 Å². The van der Waals surface area contributed by atoms with Gasteiger partial charge in [-0.25, -0.2) is 0 Å². The first-order chi connectivity index (χ1) is 6.40. The molecule has 0 spiro atoms. The Balaban J connectivity index is 2.36. The van der Waals surface area contributed by atoms with E-state index in [0.29, 0.717) is 11.8 Å². The molecule has 1 N–H and O–H groups in total. The van der Waals surface area contributed by atoms with Gasteiger partial charge in [0, 0.05) is 25.0 Å². The van der Waals surface area contributed by atoms with E-state index in [1.54, 1.807) is 19.4 Å². The molecule has 13 heavy (non-hydrogen) atoms. The summed E-state index contributed by atoms with van der Waals surface area (Å²) < 4.78 is 4.88. The van der Waals surface area contributed by atoms with Crippen LogP contribution in [0.3, 0.4) is 0 Å². The summed E-state index contributed by atoms with van der Waals surface area (Å²) in [5.41, 5.74) is 0.889. The Morgan fingerprint density at radius 3 is 2.69 bits per heavy atom. The van der Waals surface area contributed by atoms with E-state index in [4.69, 9.17) is 4.52 Å². The molecule has 0 aromatic carbocycles. The minimum absolute atomic E-state index is 0.409. The number of hydrogen-bond acceptors (Lipinski definition) is 5. The third kappa shape index (κ3) is 1.48. The molecule has 0 fully saturated rings. The van der Waals surface area contributed by atoms with Crippen molar-refractivity contribution in [2.45, 2.75) is 0 Å². The van der Waals surface area contributed by atoms with Gasteiger partial charge in [-0.05, 0) is 12.1 Å². The fourth-order valence-corrected chi connectivity index (χ4v) is 0.943. The van der Waals surface area contributed by atoms with E-state index in [2.05, 4.69) is 20.4 Å². The average molecular weight is 176 g/mol. The maximum atomic E-state index is 4.88. The molecule has 0 saturated carbocycles. The van der Waals surface area contributed by atoms with E-state index < -0.39 is 0 Å². The molecule has 0 saturated heterocycles. The van der Waals surface area contributed by atoms with Gasteiger partial charge in [0.25, 0.3) is 0 Å². The highest BCUT2D eigenvalue weighted by atomic mass is 16.5. The van der Waals surface area contributed by atoms with Crippen LogP contribution in [0.4, 0.5) is 6.01 Å². The van der Waals surface area contributed by atoms with Crippen molar-refractivity contribution in [1.82, 2.24) is 15.1 Å². The van der Waals surface area contributed by atoms with E-state index in [0.717, 1.165) is 5.56 Å². The number of nitrogens with zero attached hydrogens (tertiary/aromatic N) is 3. The van der Waals surface area contributed by atoms with Gasteiger partial charge in [0.2, 0.25) is 5.82 Å². The summed E-state index contributed by atoms with van der Waals surface area (Å²) in [4.78, 5) is 7.98. The molecule has 0 aliphatic rings. The van der Waals surface area contributed by atoms with Crippen LogP contribution in [0.5, 0.6) is 0 Å². The first kappa shape index (κ1) is 7.72. The first-order valence-electron chi connectivity index (χ1n) is 3.82. The smallest absolute Gasteiger partial charge is 0.321 e. The maximum Gasteiger partial charge on any atom is 0.321 e. The van der Waals surface area contributed by atoms with Crippen LogP contribution in [0.2, 0.25) is 0 Å². The number of anilines is 1. The van der Waals surface area contributed by atoms with Crippen molar-refractivity contribution in [2.24, 2.45) is 0 Å². The molecule has 0 aliphatic heterocycles. The summed E-state index contributed by atoms with van der Waals surface area (Å²) >= 11 is 0. The summed E-state index contributed by atoms with van der Waals surface area (Å²) in [7, 11) is 1.73. The van der Waals surface area contributed by atoms with Crippen molar-refractivity contribution in [2.75, 3.05) is 12.4 Å². The zero-order valence-electron chi connectivity index (χ0n) is 7.06. The van der Waals surface area contributed by atoms with Gasteiger partial charge in [0.15, 0.2) is 0 Å². The van der Waals surface area contributed by atoms with E-state index >= 15 is 0 Å². The van der Waals surface area contributed by atoms with E-state index in [-0.39, 0.29) is 0 Å². The van der Waals surface area contributed by atoms with Gasteiger partial charge in [-0.1, -0.05) is 5.16 Å². The fourth-order valence-electron chi connectivity index (χ4n) is 0.943. The molecular weight excluding hydrogens is 168 g/mol. The Bertz CT molecular complexity index is 384. The first-order valence-corrected chi connectivity index (χ1v) is 3.82. The Labute approximate surface area is 74.8 Å². The third-order valence-corrected chi connectivity index (χ3v) is 1.58. The minimum Gasteiger partial charge on any atom is -0.341 e. The van der Waals surface area contributed by atoms with Crippen LogP contribution in [0.15, 0.2) is 29.0 Å². The molecule has 66 valence electrons. The normalized spacial score (nSPS) is 9.92. The second kappa shape index (κ2) is 3.22. The lowest BCUT2D eigenvalue weighted by molar-refractivity contribution is 0.434. The molecule has 0 amide bonds. The number of nitrogens with one attached hydrogen (secondary N) is 1. The number of pyridine rings is 1. The number of rotatable bonds is 2. The topological polar surface area (TPSA) is 63.8 Å². The highest BCUT2D eigenvalue weighted by Crippen LogP contribution is 2.15. The summed E-state index contributed by atoms with van der Waals surface area (Å²) in [6, 6.07) is 4.06. The van der Waals surface area contributed by atoms with Gasteiger partial charge < -0.3 is 9.84 Å². The van der Waals surface area contributed by atoms with Crippen LogP contribution in [0, 0.1) is 0 Å². The molecule has 5 heteroatoms. The molecule has 0 atom stereocenters. The SMILES string of the molecule is CNc1nc(-c2ccncc2)no1. The van der Waals surface area contributed by atoms with Crippen molar-refractivity contribution in [3.05, 3.63) is 24.5 Å². The van der Waals surface area contributed by atoms with E-state index in [1.165, 1.54) is 0 Å². The molecule has 2 heterocycles. The molecule has 2 aromatic heterocycles. The van der Waals surface area contributed by atoms with Crippen molar-refractivity contribution in [3.63, 3.8) is 0 Å². The van der Waals surface area contributed by atoms with E-state index in [1.807, 2.05) is 12.1 Å². The molecule has 5 nitrogen and oxygen atoms in total. The summed E-state index contributed by atoms with van der Waals surface area (Å²) in [5.74, 6) is 0.562. The van der Waals surface area contributed by atoms with Crippen LogP contribution in [0.25, 0.3) is 11.4 Å². The molecular formula is C8H8N4O. The average Bonchev–Trinajstić information content (AvgIpc) is 2.67. The van der Waals surface area contributed by atoms with E-state index in [9.17, 15) is 0 Å². The lowest BCUT2D eigenvalue weighted by Gasteiger charge is -1.89. The highest BCUT2D eigenvalue weighted by Gasteiger charge is 2.05. The third-order valence-electron chi connectivity index (χ3n) is 1.58. The standard InChI is InChI=1S/C8H8N4O/c1-9-8-11-7(12-13-8)6-2-4-10-5-3-6/h2-5H,1H3,(H,9,11,12). The van der Waals surface area contributed by atoms with Crippen LogP contribution in [-0.2, 0) is 0 Å².